The first kappa shape index (κ1) is 27.7. The average molecular weight is 551 g/mol. The van der Waals surface area contributed by atoms with Crippen LogP contribution < -0.4 is 20.7 Å². The number of piperidine rings is 1. The molecular weight excluding hydrogens is 518 g/mol. The molecule has 1 aliphatic rings. The molecule has 0 radical (unpaired) electrons. The molecule has 1 fully saturated rings. The largest absolute Gasteiger partial charge is 0.495 e. The number of nitrogens with zero attached hydrogens (tertiary/aromatic N) is 2. The fraction of sp³-hybridized carbons (Fsp3) is 0.345. The molecule has 0 unspecified atom stereocenters. The third kappa shape index (κ3) is 6.05. The number of methoxy groups -OCH3 is 1. The van der Waals surface area contributed by atoms with Gasteiger partial charge in [-0.05, 0) is 51.1 Å². The van der Waals surface area contributed by atoms with E-state index < -0.39 is 13.3 Å². The van der Waals surface area contributed by atoms with Gasteiger partial charge in [-0.3, -0.25) is 0 Å². The van der Waals surface area contributed by atoms with E-state index in [0.717, 1.165) is 38.2 Å². The quantitative estimate of drug-likeness (QED) is 0.226. The van der Waals surface area contributed by atoms with Crippen molar-refractivity contribution in [1.82, 2.24) is 4.90 Å². The molecule has 38 heavy (non-hydrogen) atoms. The number of nitriles is 1. The molecule has 4 rings (SSSR count). The second-order valence-corrected chi connectivity index (χ2v) is 14.0. The summed E-state index contributed by atoms with van der Waals surface area (Å²) in [4.78, 5) is 2.74. The molecule has 2 atom stereocenters. The molecule has 6 nitrogen and oxygen atoms in total. The van der Waals surface area contributed by atoms with Crippen LogP contribution in [0.4, 0.5) is 15.8 Å². The van der Waals surface area contributed by atoms with Crippen molar-refractivity contribution in [3.8, 4) is 23.7 Å². The summed E-state index contributed by atoms with van der Waals surface area (Å²) in [6.07, 6.45) is -0.246. The summed E-state index contributed by atoms with van der Waals surface area (Å²) in [7, 11) is 1.11. The molecular formula is C29H32FN4O2PS. The second kappa shape index (κ2) is 11.6. The van der Waals surface area contributed by atoms with Crippen LogP contribution >= 0.6 is 18.5 Å². The van der Waals surface area contributed by atoms with Crippen molar-refractivity contribution in [2.24, 2.45) is 0 Å². The van der Waals surface area contributed by atoms with Crippen molar-refractivity contribution in [2.75, 3.05) is 57.8 Å². The first-order valence-corrected chi connectivity index (χ1v) is 15.7. The normalized spacial score (nSPS) is 17.8. The minimum atomic E-state index is -2.40. The fourth-order valence-corrected chi connectivity index (χ4v) is 6.56. The SMILES string of the molecule is C=C(C#N)c1c(C#CCNc2ccc(P(C)(C)=O)cc2OC)sc2c(N[C@H]3CCN(C)C[C@H]3F)cccc12. The number of hydrogen-bond donors (Lipinski definition) is 2. The van der Waals surface area contributed by atoms with Crippen LogP contribution in [0.2, 0.25) is 0 Å². The molecule has 198 valence electrons. The van der Waals surface area contributed by atoms with Crippen molar-refractivity contribution in [3.05, 3.63) is 53.4 Å². The molecule has 2 N–H and O–H groups in total. The van der Waals surface area contributed by atoms with Crippen LogP contribution in [-0.4, -0.2) is 64.2 Å². The molecule has 2 aromatic carbocycles. The maximum Gasteiger partial charge on any atom is 0.142 e. The van der Waals surface area contributed by atoms with Crippen molar-refractivity contribution in [1.29, 1.82) is 5.26 Å². The molecule has 1 saturated heterocycles. The van der Waals surface area contributed by atoms with Crippen molar-refractivity contribution in [2.45, 2.75) is 18.6 Å². The lowest BCUT2D eigenvalue weighted by molar-refractivity contribution is 0.149. The van der Waals surface area contributed by atoms with Gasteiger partial charge < -0.3 is 24.8 Å². The van der Waals surface area contributed by atoms with E-state index in [2.05, 4.69) is 35.1 Å². The van der Waals surface area contributed by atoms with E-state index in [1.54, 1.807) is 26.5 Å². The van der Waals surface area contributed by atoms with Crippen LogP contribution in [0.1, 0.15) is 16.9 Å². The molecule has 9 heteroatoms. The highest BCUT2D eigenvalue weighted by Gasteiger charge is 2.28. The number of alkyl halides is 1. The zero-order valence-corrected chi connectivity index (χ0v) is 23.8. The van der Waals surface area contributed by atoms with Gasteiger partial charge in [-0.1, -0.05) is 30.6 Å². The van der Waals surface area contributed by atoms with E-state index in [-0.39, 0.29) is 6.04 Å². The van der Waals surface area contributed by atoms with Crippen molar-refractivity contribution < 1.29 is 13.7 Å². The molecule has 1 aliphatic heterocycles. The lowest BCUT2D eigenvalue weighted by Crippen LogP contribution is -2.46. The maximum absolute atomic E-state index is 14.7. The standard InChI is InChI=1S/C29H32FN4O2PS/c1-19(17-31)28-21-8-6-9-25(33-23-13-15-34(2)18-22(23)30)29(21)38-27(28)10-7-14-32-24-12-11-20(37(4,5)35)16-26(24)36-3/h6,8-9,11-12,16,22-23,32-33H,1,13-15,18H2,2-5H3/t22-,23+/m1/s1. The summed E-state index contributed by atoms with van der Waals surface area (Å²) >= 11 is 1.48. The Labute approximate surface area is 227 Å². The van der Waals surface area contributed by atoms with E-state index >= 15 is 0 Å². The predicted molar refractivity (Wildman–Crippen MR) is 158 cm³/mol. The van der Waals surface area contributed by atoms with Crippen LogP contribution in [0.25, 0.3) is 15.7 Å². The number of allylic oxidation sites excluding steroid dienone is 1. The van der Waals surface area contributed by atoms with Gasteiger partial charge in [0.2, 0.25) is 0 Å². The van der Waals surface area contributed by atoms with Gasteiger partial charge in [0.15, 0.2) is 0 Å². The highest BCUT2D eigenvalue weighted by atomic mass is 32.1. The number of likely N-dealkylation sites (tertiary alicyclic amines) is 1. The number of nitrogens with one attached hydrogen (secondary N) is 2. The Morgan fingerprint density at radius 2 is 2.11 bits per heavy atom. The highest BCUT2D eigenvalue weighted by molar-refractivity contribution is 7.70. The van der Waals surface area contributed by atoms with Crippen molar-refractivity contribution >= 4 is 50.8 Å². The van der Waals surface area contributed by atoms with Crippen LogP contribution in [0, 0.1) is 23.2 Å². The number of halogens is 1. The van der Waals surface area contributed by atoms with Gasteiger partial charge in [0.25, 0.3) is 0 Å². The van der Waals surface area contributed by atoms with Gasteiger partial charge in [-0.25, -0.2) is 4.39 Å². The Kier molecular flexibility index (Phi) is 8.48. The number of thiophene rings is 1. The van der Waals surface area contributed by atoms with E-state index in [0.29, 0.717) is 36.4 Å². The van der Waals surface area contributed by atoms with Crippen LogP contribution in [-0.2, 0) is 4.57 Å². The van der Waals surface area contributed by atoms with Gasteiger partial charge in [0.1, 0.15) is 19.1 Å². The highest BCUT2D eigenvalue weighted by Crippen LogP contribution is 2.40. The summed E-state index contributed by atoms with van der Waals surface area (Å²) < 4.78 is 33.5. The molecule has 0 amide bonds. The van der Waals surface area contributed by atoms with E-state index in [1.807, 2.05) is 42.3 Å². The molecule has 1 aromatic heterocycles. The topological polar surface area (TPSA) is 77.4 Å². The lowest BCUT2D eigenvalue weighted by atomic mass is 10.0. The summed E-state index contributed by atoms with van der Waals surface area (Å²) in [5.74, 6) is 6.95. The monoisotopic (exact) mass is 550 g/mol. The summed E-state index contributed by atoms with van der Waals surface area (Å²) in [5.41, 5.74) is 2.65. The lowest BCUT2D eigenvalue weighted by Gasteiger charge is -2.33. The molecule has 0 saturated carbocycles. The minimum absolute atomic E-state index is 0.268. The Hall–Kier alpha value is -3.29. The first-order chi connectivity index (χ1) is 18.1. The van der Waals surface area contributed by atoms with Gasteiger partial charge >= 0.3 is 0 Å². The smallest absolute Gasteiger partial charge is 0.142 e. The Morgan fingerprint density at radius 3 is 2.79 bits per heavy atom. The molecule has 0 bridgehead atoms. The van der Waals surface area contributed by atoms with Crippen molar-refractivity contribution in [3.63, 3.8) is 0 Å². The number of hydrogen-bond acceptors (Lipinski definition) is 7. The predicted octanol–water partition coefficient (Wildman–Crippen LogP) is 5.61. The molecule has 2 heterocycles. The van der Waals surface area contributed by atoms with E-state index in [9.17, 15) is 14.2 Å². The zero-order valence-electron chi connectivity index (χ0n) is 22.1. The molecule has 0 spiro atoms. The van der Waals surface area contributed by atoms with Gasteiger partial charge in [-0.2, -0.15) is 5.26 Å². The van der Waals surface area contributed by atoms with Gasteiger partial charge in [-0.15, -0.1) is 11.3 Å². The number of benzene rings is 2. The summed E-state index contributed by atoms with van der Waals surface area (Å²) in [6, 6.07) is 13.2. The molecule has 3 aromatic rings. The first-order valence-electron chi connectivity index (χ1n) is 12.3. The second-order valence-electron chi connectivity index (χ2n) is 9.79. The minimum Gasteiger partial charge on any atom is -0.495 e. The van der Waals surface area contributed by atoms with Gasteiger partial charge in [0.05, 0.1) is 52.3 Å². The van der Waals surface area contributed by atoms with E-state index in [1.165, 1.54) is 11.3 Å². The van der Waals surface area contributed by atoms with Gasteiger partial charge in [0, 0.05) is 29.3 Å². The number of fused-ring (bicyclic) bond motifs is 1. The Morgan fingerprint density at radius 1 is 1.32 bits per heavy atom. The fourth-order valence-electron chi connectivity index (χ4n) is 4.52. The third-order valence-electron chi connectivity index (χ3n) is 6.61. The Bertz CT molecular complexity index is 1510. The van der Waals surface area contributed by atoms with Crippen LogP contribution in [0.5, 0.6) is 5.75 Å². The molecule has 0 aliphatic carbocycles. The summed E-state index contributed by atoms with van der Waals surface area (Å²) in [6.45, 7) is 8.98. The number of rotatable bonds is 7. The maximum atomic E-state index is 14.7. The average Bonchev–Trinajstić information content (AvgIpc) is 3.26. The summed E-state index contributed by atoms with van der Waals surface area (Å²) in [5, 5.41) is 17.9. The van der Waals surface area contributed by atoms with E-state index in [4.69, 9.17) is 4.74 Å². The number of ether oxygens (including phenoxy) is 1. The van der Waals surface area contributed by atoms with Crippen LogP contribution in [0.3, 0.4) is 0 Å². The third-order valence-corrected chi connectivity index (χ3v) is 9.29. The Balaban J connectivity index is 1.60. The van der Waals surface area contributed by atoms with Crippen LogP contribution in [0.15, 0.2) is 43.0 Å². The number of anilines is 2. The zero-order chi connectivity index (χ0) is 27.4.